The van der Waals surface area contributed by atoms with Gasteiger partial charge in [0.1, 0.15) is 15.7 Å². The highest BCUT2D eigenvalue weighted by Crippen LogP contribution is 2.30. The predicted molar refractivity (Wildman–Crippen MR) is 104 cm³/mol. The van der Waals surface area contributed by atoms with Crippen molar-refractivity contribution in [3.63, 3.8) is 0 Å². The Bertz CT molecular complexity index is 1040. The molecule has 27 heavy (non-hydrogen) atoms. The molecule has 1 aromatic heterocycles. The molecule has 0 atom stereocenters. The molecule has 1 N–H and O–H groups in total. The summed E-state index contributed by atoms with van der Waals surface area (Å²) in [7, 11) is -0.619. The fourth-order valence-electron chi connectivity index (χ4n) is 2.37. The van der Waals surface area contributed by atoms with Gasteiger partial charge in [-0.1, -0.05) is 18.2 Å². The molecule has 0 aliphatic rings. The lowest BCUT2D eigenvalue weighted by molar-refractivity contribution is 0.103. The Morgan fingerprint density at radius 1 is 0.926 bits per heavy atom. The predicted octanol–water partition coefficient (Wildman–Crippen LogP) is 3.85. The van der Waals surface area contributed by atoms with Gasteiger partial charge in [-0.15, -0.1) is 11.3 Å². The van der Waals surface area contributed by atoms with E-state index in [1.807, 2.05) is 0 Å². The van der Waals surface area contributed by atoms with E-state index in [0.717, 1.165) is 11.3 Å². The molecule has 0 radical (unpaired) electrons. The van der Waals surface area contributed by atoms with Crippen LogP contribution >= 0.6 is 11.3 Å². The van der Waals surface area contributed by atoms with Crippen molar-refractivity contribution in [2.24, 2.45) is 0 Å². The van der Waals surface area contributed by atoms with Crippen molar-refractivity contribution in [1.29, 1.82) is 0 Å². The molecule has 140 valence electrons. The molecule has 1 heterocycles. The molecule has 0 fully saturated rings. The number of benzene rings is 2. The third-order valence-corrected chi connectivity index (χ3v) is 7.08. The minimum atomic E-state index is -3.65. The molecule has 0 spiro atoms. The number of hydrogen-bond donors (Lipinski definition) is 1. The van der Waals surface area contributed by atoms with E-state index in [2.05, 4.69) is 5.32 Å². The molecular weight excluding hydrogens is 386 g/mol. The summed E-state index contributed by atoms with van der Waals surface area (Å²) in [4.78, 5) is 13.0. The van der Waals surface area contributed by atoms with Crippen LogP contribution < -0.4 is 14.8 Å². The van der Waals surface area contributed by atoms with E-state index >= 15 is 0 Å². The smallest absolute Gasteiger partial charge is 0.265 e. The maximum atomic E-state index is 12.6. The zero-order chi connectivity index (χ0) is 19.4. The van der Waals surface area contributed by atoms with Crippen LogP contribution in [0.3, 0.4) is 0 Å². The molecule has 2 aromatic carbocycles. The highest BCUT2D eigenvalue weighted by molar-refractivity contribution is 7.93. The second-order valence-corrected chi connectivity index (χ2v) is 8.75. The second kappa shape index (κ2) is 7.81. The molecule has 0 unspecified atom stereocenters. The van der Waals surface area contributed by atoms with E-state index in [-0.39, 0.29) is 14.0 Å². The summed E-state index contributed by atoms with van der Waals surface area (Å²) < 4.78 is 35.7. The molecule has 8 heteroatoms. The van der Waals surface area contributed by atoms with Crippen LogP contribution in [0.15, 0.2) is 69.8 Å². The van der Waals surface area contributed by atoms with E-state index in [1.54, 1.807) is 36.4 Å². The number of thiophene rings is 1. The quantitative estimate of drug-likeness (QED) is 0.676. The molecule has 0 bridgehead atoms. The number of rotatable bonds is 6. The number of sulfone groups is 1. The Hall–Kier alpha value is -2.84. The maximum absolute atomic E-state index is 12.6. The first-order chi connectivity index (χ1) is 12.9. The average Bonchev–Trinajstić information content (AvgIpc) is 3.19. The largest absolute Gasteiger partial charge is 0.497 e. The van der Waals surface area contributed by atoms with E-state index in [1.165, 1.54) is 38.5 Å². The lowest BCUT2D eigenvalue weighted by Gasteiger charge is -2.09. The van der Waals surface area contributed by atoms with E-state index in [4.69, 9.17) is 9.47 Å². The van der Waals surface area contributed by atoms with Crippen LogP contribution in [-0.4, -0.2) is 28.5 Å². The first kappa shape index (κ1) is 18.9. The zero-order valence-corrected chi connectivity index (χ0v) is 16.3. The summed E-state index contributed by atoms with van der Waals surface area (Å²) in [6, 6.07) is 16.0. The van der Waals surface area contributed by atoms with Gasteiger partial charge in [0.15, 0.2) is 0 Å². The molecule has 0 saturated carbocycles. The first-order valence-electron chi connectivity index (χ1n) is 7.88. The number of amides is 1. The minimum Gasteiger partial charge on any atom is -0.497 e. The third kappa shape index (κ3) is 4.12. The number of methoxy groups -OCH3 is 2. The summed E-state index contributed by atoms with van der Waals surface area (Å²) in [5.74, 6) is 0.649. The molecule has 3 rings (SSSR count). The van der Waals surface area contributed by atoms with Crippen molar-refractivity contribution in [2.45, 2.75) is 9.10 Å². The fraction of sp³-hybridized carbons (Fsp3) is 0.105. The van der Waals surface area contributed by atoms with Gasteiger partial charge < -0.3 is 14.8 Å². The van der Waals surface area contributed by atoms with Crippen molar-refractivity contribution in [2.75, 3.05) is 19.5 Å². The number of anilines is 1. The van der Waals surface area contributed by atoms with E-state index < -0.39 is 15.7 Å². The Labute approximate surface area is 161 Å². The second-order valence-electron chi connectivity index (χ2n) is 5.49. The summed E-state index contributed by atoms with van der Waals surface area (Å²) in [6.07, 6.45) is 0. The molecular formula is C19H17NO5S2. The van der Waals surface area contributed by atoms with Crippen LogP contribution in [0, 0.1) is 0 Å². The van der Waals surface area contributed by atoms with Crippen LogP contribution in [0.2, 0.25) is 0 Å². The number of carbonyl (C=O) groups is 1. The van der Waals surface area contributed by atoms with Gasteiger partial charge in [0, 0.05) is 23.9 Å². The molecule has 1 amide bonds. The van der Waals surface area contributed by atoms with Crippen molar-refractivity contribution < 1.29 is 22.7 Å². The lowest BCUT2D eigenvalue weighted by Crippen LogP contribution is -2.10. The van der Waals surface area contributed by atoms with Gasteiger partial charge in [-0.3, -0.25) is 4.79 Å². The van der Waals surface area contributed by atoms with Gasteiger partial charge in [0.05, 0.1) is 24.0 Å². The lowest BCUT2D eigenvalue weighted by atomic mass is 10.2. The Morgan fingerprint density at radius 2 is 1.56 bits per heavy atom. The van der Waals surface area contributed by atoms with E-state index in [9.17, 15) is 13.2 Å². The summed E-state index contributed by atoms with van der Waals surface area (Å²) in [5, 5.41) is 2.73. The van der Waals surface area contributed by atoms with Gasteiger partial charge in [0.25, 0.3) is 5.91 Å². The number of carbonyl (C=O) groups excluding carboxylic acids is 1. The zero-order valence-electron chi connectivity index (χ0n) is 14.6. The average molecular weight is 403 g/mol. The van der Waals surface area contributed by atoms with Gasteiger partial charge >= 0.3 is 0 Å². The van der Waals surface area contributed by atoms with Gasteiger partial charge in [-0.2, -0.15) is 0 Å². The monoisotopic (exact) mass is 403 g/mol. The molecule has 0 saturated heterocycles. The first-order valence-corrected chi connectivity index (χ1v) is 10.2. The molecule has 0 aliphatic heterocycles. The molecule has 3 aromatic rings. The highest BCUT2D eigenvalue weighted by Gasteiger charge is 2.21. The third-order valence-electron chi connectivity index (χ3n) is 3.73. The van der Waals surface area contributed by atoms with Crippen LogP contribution in [-0.2, 0) is 9.84 Å². The standard InChI is InChI=1S/C19H17NO5S2/c1-24-14-10-13(11-15(12-14)25-2)20-19(21)17-8-9-18(26-17)27(22,23)16-6-4-3-5-7-16/h3-12H,1-2H3,(H,20,21). The van der Waals surface area contributed by atoms with Crippen LogP contribution in [0.25, 0.3) is 0 Å². The van der Waals surface area contributed by atoms with Crippen LogP contribution in [0.4, 0.5) is 5.69 Å². The fourth-order valence-corrected chi connectivity index (χ4v) is 5.00. The topological polar surface area (TPSA) is 81.7 Å². The maximum Gasteiger partial charge on any atom is 0.265 e. The SMILES string of the molecule is COc1cc(NC(=O)c2ccc(S(=O)(=O)c3ccccc3)s2)cc(OC)c1. The van der Waals surface area contributed by atoms with E-state index in [0.29, 0.717) is 17.2 Å². The number of nitrogens with one attached hydrogen (secondary N) is 1. The summed E-state index contributed by atoms with van der Waals surface area (Å²) in [6.45, 7) is 0. The Morgan fingerprint density at radius 3 is 2.15 bits per heavy atom. The minimum absolute atomic E-state index is 0.113. The van der Waals surface area contributed by atoms with Crippen molar-refractivity contribution >= 4 is 32.8 Å². The Balaban J connectivity index is 1.84. The summed E-state index contributed by atoms with van der Waals surface area (Å²) in [5.41, 5.74) is 0.483. The van der Waals surface area contributed by atoms with Crippen molar-refractivity contribution in [3.8, 4) is 11.5 Å². The van der Waals surface area contributed by atoms with Crippen molar-refractivity contribution in [3.05, 3.63) is 65.5 Å². The normalized spacial score (nSPS) is 11.0. The van der Waals surface area contributed by atoms with Gasteiger partial charge in [-0.05, 0) is 24.3 Å². The highest BCUT2D eigenvalue weighted by atomic mass is 32.2. The Kier molecular flexibility index (Phi) is 5.48. The van der Waals surface area contributed by atoms with Gasteiger partial charge in [-0.25, -0.2) is 8.42 Å². The molecule has 6 nitrogen and oxygen atoms in total. The number of hydrogen-bond acceptors (Lipinski definition) is 6. The number of ether oxygens (including phenoxy) is 2. The van der Waals surface area contributed by atoms with Crippen LogP contribution in [0.5, 0.6) is 11.5 Å². The van der Waals surface area contributed by atoms with Gasteiger partial charge in [0.2, 0.25) is 9.84 Å². The summed E-state index contributed by atoms with van der Waals surface area (Å²) >= 11 is 0.919. The van der Waals surface area contributed by atoms with Crippen molar-refractivity contribution in [1.82, 2.24) is 0 Å². The van der Waals surface area contributed by atoms with Crippen LogP contribution in [0.1, 0.15) is 9.67 Å². The molecule has 0 aliphatic carbocycles.